The molecule has 0 unspecified atom stereocenters. The van der Waals surface area contributed by atoms with E-state index in [-0.39, 0.29) is 11.4 Å². The highest BCUT2D eigenvalue weighted by Gasteiger charge is 2.15. The van der Waals surface area contributed by atoms with Crippen LogP contribution in [-0.4, -0.2) is 30.7 Å². The van der Waals surface area contributed by atoms with Crippen molar-refractivity contribution < 1.29 is 9.53 Å². The Morgan fingerprint density at radius 2 is 1.87 bits per heavy atom. The van der Waals surface area contributed by atoms with Crippen LogP contribution in [0.1, 0.15) is 38.3 Å². The maximum atomic E-state index is 12.0. The summed E-state index contributed by atoms with van der Waals surface area (Å²) >= 11 is 3.58. The summed E-state index contributed by atoms with van der Waals surface area (Å²) in [5.41, 5.74) is 3.69. The Balaban J connectivity index is 1.32. The van der Waals surface area contributed by atoms with E-state index in [0.717, 1.165) is 28.6 Å². The lowest BCUT2D eigenvalue weighted by atomic mass is 9.87. The van der Waals surface area contributed by atoms with Gasteiger partial charge in [0.25, 0.3) is 0 Å². The van der Waals surface area contributed by atoms with E-state index in [4.69, 9.17) is 4.74 Å². The molecule has 0 saturated carbocycles. The lowest BCUT2D eigenvalue weighted by molar-refractivity contribution is 0.239. The van der Waals surface area contributed by atoms with Gasteiger partial charge >= 0.3 is 6.03 Å². The number of hydrogen-bond donors (Lipinski definition) is 3. The average Bonchev–Trinajstić information content (AvgIpc) is 3.11. The van der Waals surface area contributed by atoms with Crippen LogP contribution in [0.4, 0.5) is 4.79 Å². The quantitative estimate of drug-likeness (QED) is 0.377. The molecule has 3 aromatic rings. The van der Waals surface area contributed by atoms with Gasteiger partial charge in [0.2, 0.25) is 0 Å². The van der Waals surface area contributed by atoms with Gasteiger partial charge in [0.15, 0.2) is 0 Å². The number of H-pyrrole nitrogens is 1. The van der Waals surface area contributed by atoms with Crippen LogP contribution in [-0.2, 0) is 11.8 Å². The first kappa shape index (κ1) is 22.2. The fraction of sp³-hybridized carbons (Fsp3) is 0.375. The zero-order valence-electron chi connectivity index (χ0n) is 17.8. The summed E-state index contributed by atoms with van der Waals surface area (Å²) in [4.78, 5) is 15.2. The van der Waals surface area contributed by atoms with Gasteiger partial charge in [-0.2, -0.15) is 0 Å². The third kappa shape index (κ3) is 6.02. The fourth-order valence-electron chi connectivity index (χ4n) is 3.25. The van der Waals surface area contributed by atoms with Crippen LogP contribution in [0.25, 0.3) is 10.9 Å². The maximum Gasteiger partial charge on any atom is 0.314 e. The Labute approximate surface area is 186 Å². The van der Waals surface area contributed by atoms with Crippen LogP contribution in [0.2, 0.25) is 0 Å². The smallest absolute Gasteiger partial charge is 0.314 e. The van der Waals surface area contributed by atoms with Gasteiger partial charge < -0.3 is 20.4 Å². The predicted octanol–water partition coefficient (Wildman–Crippen LogP) is 5.54. The first-order valence-corrected chi connectivity index (χ1v) is 11.1. The van der Waals surface area contributed by atoms with E-state index in [0.29, 0.717) is 19.7 Å². The molecule has 2 aromatic carbocycles. The monoisotopic (exact) mass is 471 g/mol. The highest BCUT2D eigenvalue weighted by Crippen LogP contribution is 2.31. The fourth-order valence-corrected chi connectivity index (χ4v) is 3.75. The largest absolute Gasteiger partial charge is 0.492 e. The van der Waals surface area contributed by atoms with Gasteiger partial charge in [-0.15, -0.1) is 0 Å². The van der Waals surface area contributed by atoms with Gasteiger partial charge in [-0.05, 0) is 63.5 Å². The van der Waals surface area contributed by atoms with Gasteiger partial charge in [0, 0.05) is 30.2 Å². The number of benzene rings is 2. The molecular weight excluding hydrogens is 442 g/mol. The summed E-state index contributed by atoms with van der Waals surface area (Å²) in [5, 5.41) is 7.00. The number of aromatic nitrogens is 1. The predicted molar refractivity (Wildman–Crippen MR) is 126 cm³/mol. The highest BCUT2D eigenvalue weighted by molar-refractivity contribution is 9.10. The van der Waals surface area contributed by atoms with Gasteiger partial charge in [0.05, 0.1) is 11.1 Å². The second-order valence-corrected chi connectivity index (χ2v) is 9.24. The number of aromatic amines is 1. The van der Waals surface area contributed by atoms with E-state index in [1.165, 1.54) is 16.5 Å². The summed E-state index contributed by atoms with van der Waals surface area (Å²) in [6, 6.07) is 14.2. The van der Waals surface area contributed by atoms with E-state index < -0.39 is 0 Å². The summed E-state index contributed by atoms with van der Waals surface area (Å²) < 4.78 is 6.79. The minimum absolute atomic E-state index is 0.104. The molecule has 0 aliphatic carbocycles. The van der Waals surface area contributed by atoms with Crippen LogP contribution >= 0.6 is 15.9 Å². The molecule has 0 fully saturated rings. The van der Waals surface area contributed by atoms with Crippen LogP contribution in [0.5, 0.6) is 5.75 Å². The van der Waals surface area contributed by atoms with E-state index in [1.54, 1.807) is 0 Å². The van der Waals surface area contributed by atoms with Crippen molar-refractivity contribution in [1.29, 1.82) is 0 Å². The number of ether oxygens (including phenoxy) is 1. The zero-order valence-corrected chi connectivity index (χ0v) is 19.4. The van der Waals surface area contributed by atoms with Gasteiger partial charge in [-0.3, -0.25) is 0 Å². The third-order valence-corrected chi connectivity index (χ3v) is 5.64. The number of carbonyl (C=O) groups is 1. The molecule has 0 atom stereocenters. The van der Waals surface area contributed by atoms with Crippen molar-refractivity contribution in [3.05, 3.63) is 64.3 Å². The van der Waals surface area contributed by atoms with Crippen LogP contribution in [0, 0.1) is 0 Å². The molecule has 1 heterocycles. The first-order chi connectivity index (χ1) is 14.3. The summed E-state index contributed by atoms with van der Waals surface area (Å²) in [7, 11) is 0. The van der Waals surface area contributed by atoms with Crippen molar-refractivity contribution in [3.63, 3.8) is 0 Å². The molecule has 0 aliphatic heterocycles. The highest BCUT2D eigenvalue weighted by atomic mass is 79.9. The van der Waals surface area contributed by atoms with Crippen molar-refractivity contribution in [2.75, 3.05) is 19.7 Å². The Morgan fingerprint density at radius 3 is 2.63 bits per heavy atom. The van der Waals surface area contributed by atoms with Crippen LogP contribution in [0.15, 0.2) is 53.1 Å². The van der Waals surface area contributed by atoms with E-state index >= 15 is 0 Å². The molecule has 3 N–H and O–H groups in total. The lowest BCUT2D eigenvalue weighted by Crippen LogP contribution is -2.37. The molecule has 0 spiro atoms. The van der Waals surface area contributed by atoms with Gasteiger partial charge in [-0.1, -0.05) is 45.0 Å². The molecule has 2 amide bonds. The Kier molecular flexibility index (Phi) is 7.43. The Morgan fingerprint density at radius 1 is 1.10 bits per heavy atom. The van der Waals surface area contributed by atoms with Gasteiger partial charge in [0.1, 0.15) is 5.75 Å². The van der Waals surface area contributed by atoms with Crippen molar-refractivity contribution in [1.82, 2.24) is 15.6 Å². The number of carbonyl (C=O) groups excluding carboxylic acids is 1. The second-order valence-electron chi connectivity index (χ2n) is 8.39. The van der Waals surface area contributed by atoms with Gasteiger partial charge in [-0.25, -0.2) is 4.79 Å². The van der Waals surface area contributed by atoms with Crippen molar-refractivity contribution in [2.45, 2.75) is 39.0 Å². The van der Waals surface area contributed by atoms with E-state index in [2.05, 4.69) is 76.6 Å². The standard InChI is InChI=1S/C24H30BrN3O2/c1-24(2,3)18-9-10-22(20(25)15-18)30-14-6-12-26-23(29)27-13-11-17-16-28-21-8-5-4-7-19(17)21/h4-5,7-10,15-16,28H,6,11-14H2,1-3H3,(H2,26,27,29). The molecule has 6 heteroatoms. The van der Waals surface area contributed by atoms with Crippen LogP contribution < -0.4 is 15.4 Å². The number of amides is 2. The summed E-state index contributed by atoms with van der Waals surface area (Å²) in [6.45, 7) is 8.27. The molecule has 0 radical (unpaired) electrons. The van der Waals surface area contributed by atoms with Crippen molar-refractivity contribution in [3.8, 4) is 5.75 Å². The van der Waals surface area contributed by atoms with E-state index in [9.17, 15) is 4.79 Å². The zero-order chi connectivity index (χ0) is 21.6. The Bertz CT molecular complexity index is 992. The summed E-state index contributed by atoms with van der Waals surface area (Å²) in [5.74, 6) is 0.825. The number of hydrogen-bond acceptors (Lipinski definition) is 2. The average molecular weight is 472 g/mol. The van der Waals surface area contributed by atoms with Crippen molar-refractivity contribution >= 4 is 32.9 Å². The first-order valence-electron chi connectivity index (χ1n) is 10.3. The minimum Gasteiger partial charge on any atom is -0.492 e. The number of para-hydroxylation sites is 1. The molecule has 30 heavy (non-hydrogen) atoms. The maximum absolute atomic E-state index is 12.0. The topological polar surface area (TPSA) is 66.2 Å². The molecule has 0 aliphatic rings. The molecule has 0 saturated heterocycles. The number of fused-ring (bicyclic) bond motifs is 1. The minimum atomic E-state index is -0.148. The van der Waals surface area contributed by atoms with Crippen molar-refractivity contribution in [2.24, 2.45) is 0 Å². The molecule has 3 rings (SSSR count). The number of rotatable bonds is 8. The molecule has 160 valence electrons. The number of urea groups is 1. The van der Waals surface area contributed by atoms with Crippen LogP contribution in [0.3, 0.4) is 0 Å². The lowest BCUT2D eigenvalue weighted by Gasteiger charge is -2.20. The number of nitrogens with one attached hydrogen (secondary N) is 3. The Hall–Kier alpha value is -2.47. The number of halogens is 1. The molecule has 1 aromatic heterocycles. The molecule has 5 nitrogen and oxygen atoms in total. The van der Waals surface area contributed by atoms with E-state index in [1.807, 2.05) is 24.4 Å². The normalized spacial score (nSPS) is 11.5. The molecule has 0 bridgehead atoms. The third-order valence-electron chi connectivity index (χ3n) is 5.02. The second kappa shape index (κ2) is 10.0. The SMILES string of the molecule is CC(C)(C)c1ccc(OCCCNC(=O)NCCc2c[nH]c3ccccc23)c(Br)c1. The summed E-state index contributed by atoms with van der Waals surface area (Å²) in [6.07, 6.45) is 3.54. The molecular formula is C24H30BrN3O2.